The molecule has 106 valence electrons. The van der Waals surface area contributed by atoms with Crippen LogP contribution in [0.2, 0.25) is 0 Å². The lowest BCUT2D eigenvalue weighted by molar-refractivity contribution is -0.112. The lowest BCUT2D eigenvalue weighted by Gasteiger charge is -2.29. The highest BCUT2D eigenvalue weighted by Gasteiger charge is 2.27. The van der Waals surface area contributed by atoms with Crippen molar-refractivity contribution in [1.29, 1.82) is 0 Å². The highest BCUT2D eigenvalue weighted by Crippen LogP contribution is 2.22. The Morgan fingerprint density at radius 3 is 2.55 bits per heavy atom. The first kappa shape index (κ1) is 14.9. The molecule has 0 spiro atoms. The van der Waals surface area contributed by atoms with E-state index in [1.54, 1.807) is 11.3 Å². The van der Waals surface area contributed by atoms with E-state index >= 15 is 0 Å². The summed E-state index contributed by atoms with van der Waals surface area (Å²) in [6.45, 7) is 3.72. The van der Waals surface area contributed by atoms with Gasteiger partial charge in [0, 0.05) is 18.0 Å². The maximum Gasteiger partial charge on any atom is 0.131 e. The number of likely N-dealkylation sites (N-methyl/N-ethyl adjacent to an activating group) is 1. The molecular weight excluding hydrogens is 266 g/mol. The Labute approximate surface area is 125 Å². The number of hydrogen-bond acceptors (Lipinski definition) is 3. The number of thiophene rings is 1. The summed E-state index contributed by atoms with van der Waals surface area (Å²) < 4.78 is 0. The highest BCUT2D eigenvalue weighted by molar-refractivity contribution is 7.09. The second-order valence-electron chi connectivity index (χ2n) is 5.47. The molecule has 0 saturated heterocycles. The van der Waals surface area contributed by atoms with Gasteiger partial charge in [0.05, 0.1) is 5.41 Å². The van der Waals surface area contributed by atoms with Crippen molar-refractivity contribution in [3.05, 3.63) is 58.3 Å². The third-order valence-corrected chi connectivity index (χ3v) is 4.55. The van der Waals surface area contributed by atoms with Gasteiger partial charge < -0.3 is 9.69 Å². The molecular formula is C17H21NOS. The fourth-order valence-corrected chi connectivity index (χ4v) is 3.11. The van der Waals surface area contributed by atoms with Gasteiger partial charge in [-0.3, -0.25) is 0 Å². The van der Waals surface area contributed by atoms with Crippen LogP contribution in [-0.4, -0.2) is 31.3 Å². The molecule has 3 heteroatoms. The van der Waals surface area contributed by atoms with E-state index in [4.69, 9.17) is 0 Å². The van der Waals surface area contributed by atoms with Gasteiger partial charge in [-0.1, -0.05) is 36.4 Å². The summed E-state index contributed by atoms with van der Waals surface area (Å²) in [6, 6.07) is 14.3. The lowest BCUT2D eigenvalue weighted by Crippen LogP contribution is -2.39. The minimum absolute atomic E-state index is 0.439. The summed E-state index contributed by atoms with van der Waals surface area (Å²) in [5.41, 5.74) is 0.642. The normalized spacial score (nSPS) is 14.2. The molecule has 0 fully saturated rings. The average Bonchev–Trinajstić information content (AvgIpc) is 2.99. The lowest BCUT2D eigenvalue weighted by atomic mass is 9.83. The van der Waals surface area contributed by atoms with Crippen molar-refractivity contribution in [1.82, 2.24) is 4.90 Å². The van der Waals surface area contributed by atoms with Gasteiger partial charge in [0.2, 0.25) is 0 Å². The van der Waals surface area contributed by atoms with Gasteiger partial charge in [-0.25, -0.2) is 0 Å². The van der Waals surface area contributed by atoms with Crippen LogP contribution in [0.15, 0.2) is 47.8 Å². The summed E-state index contributed by atoms with van der Waals surface area (Å²) in [4.78, 5) is 15.2. The topological polar surface area (TPSA) is 20.3 Å². The van der Waals surface area contributed by atoms with Crippen molar-refractivity contribution < 1.29 is 4.79 Å². The van der Waals surface area contributed by atoms with Gasteiger partial charge in [-0.2, -0.15) is 0 Å². The summed E-state index contributed by atoms with van der Waals surface area (Å²) in [5, 5.41) is 2.11. The molecule has 0 radical (unpaired) electrons. The Hall–Kier alpha value is -1.45. The second-order valence-corrected chi connectivity index (χ2v) is 6.50. The average molecular weight is 287 g/mol. The van der Waals surface area contributed by atoms with Crippen LogP contribution in [0, 0.1) is 0 Å². The van der Waals surface area contributed by atoms with Crippen molar-refractivity contribution in [2.45, 2.75) is 18.8 Å². The second kappa shape index (κ2) is 6.82. The Morgan fingerprint density at radius 1 is 1.20 bits per heavy atom. The molecule has 0 bridgehead atoms. The minimum atomic E-state index is -0.439. The monoisotopic (exact) mass is 287 g/mol. The fraction of sp³-hybridized carbons (Fsp3) is 0.353. The maximum absolute atomic E-state index is 11.6. The Bertz CT molecular complexity index is 523. The summed E-state index contributed by atoms with van der Waals surface area (Å²) in [7, 11) is 2.08. The van der Waals surface area contributed by atoms with E-state index in [1.165, 1.54) is 4.88 Å². The van der Waals surface area contributed by atoms with E-state index in [-0.39, 0.29) is 0 Å². The Morgan fingerprint density at radius 2 is 1.95 bits per heavy atom. The molecule has 1 unspecified atom stereocenters. The third-order valence-electron chi connectivity index (χ3n) is 3.61. The molecule has 1 aromatic heterocycles. The first-order valence-electron chi connectivity index (χ1n) is 6.87. The van der Waals surface area contributed by atoms with Gasteiger partial charge in [0.1, 0.15) is 6.29 Å². The number of benzene rings is 1. The molecule has 2 aromatic rings. The largest absolute Gasteiger partial charge is 0.305 e. The zero-order chi connectivity index (χ0) is 14.4. The van der Waals surface area contributed by atoms with Crippen LogP contribution >= 0.6 is 11.3 Å². The predicted molar refractivity (Wildman–Crippen MR) is 85.4 cm³/mol. The van der Waals surface area contributed by atoms with Crippen LogP contribution in [0.5, 0.6) is 0 Å². The van der Waals surface area contributed by atoms with E-state index in [1.807, 2.05) is 37.3 Å². The van der Waals surface area contributed by atoms with Crippen LogP contribution in [0.4, 0.5) is 0 Å². The van der Waals surface area contributed by atoms with Crippen LogP contribution < -0.4 is 0 Å². The van der Waals surface area contributed by atoms with Crippen LogP contribution in [0.1, 0.15) is 17.4 Å². The molecule has 0 amide bonds. The predicted octanol–water partition coefficient (Wildman–Crippen LogP) is 3.38. The summed E-state index contributed by atoms with van der Waals surface area (Å²) in [5.74, 6) is 0. The Kier molecular flexibility index (Phi) is 5.10. The number of carbonyl (C=O) groups excluding carboxylic acids is 1. The number of carbonyl (C=O) groups is 1. The molecule has 0 saturated carbocycles. The summed E-state index contributed by atoms with van der Waals surface area (Å²) in [6.07, 6.45) is 2.11. The molecule has 0 aliphatic carbocycles. The summed E-state index contributed by atoms with van der Waals surface area (Å²) >= 11 is 1.79. The van der Waals surface area contributed by atoms with Crippen LogP contribution in [0.25, 0.3) is 0 Å². The molecule has 20 heavy (non-hydrogen) atoms. The van der Waals surface area contributed by atoms with Crippen molar-refractivity contribution in [2.24, 2.45) is 0 Å². The molecule has 1 atom stereocenters. The highest BCUT2D eigenvalue weighted by atomic mass is 32.1. The van der Waals surface area contributed by atoms with Crippen LogP contribution in [0.3, 0.4) is 0 Å². The van der Waals surface area contributed by atoms with Crippen LogP contribution in [-0.2, 0) is 16.6 Å². The first-order valence-corrected chi connectivity index (χ1v) is 7.75. The van der Waals surface area contributed by atoms with Gasteiger partial charge in [-0.05, 0) is 37.4 Å². The van der Waals surface area contributed by atoms with Gasteiger partial charge >= 0.3 is 0 Å². The minimum Gasteiger partial charge on any atom is -0.305 e. The van der Waals surface area contributed by atoms with E-state index < -0.39 is 5.41 Å². The molecule has 2 nitrogen and oxygen atoms in total. The SMILES string of the molecule is CN(CCc1cccs1)CC(C)(C=O)c1ccccc1. The number of rotatable bonds is 7. The Balaban J connectivity index is 1.97. The van der Waals surface area contributed by atoms with E-state index in [2.05, 4.69) is 29.5 Å². The fourth-order valence-electron chi connectivity index (χ4n) is 2.41. The standard InChI is InChI=1S/C17H21NOS/c1-17(14-19,15-7-4-3-5-8-15)13-18(2)11-10-16-9-6-12-20-16/h3-9,12,14H,10-11,13H2,1-2H3. The number of hydrogen-bond donors (Lipinski definition) is 0. The van der Waals surface area contributed by atoms with Crippen molar-refractivity contribution in [3.8, 4) is 0 Å². The molecule has 2 rings (SSSR count). The first-order chi connectivity index (χ1) is 9.64. The molecule has 0 aliphatic rings. The van der Waals surface area contributed by atoms with Crippen molar-refractivity contribution >= 4 is 17.6 Å². The molecule has 1 aromatic carbocycles. The van der Waals surface area contributed by atoms with E-state index in [0.717, 1.165) is 31.4 Å². The zero-order valence-electron chi connectivity index (χ0n) is 12.1. The van der Waals surface area contributed by atoms with Gasteiger partial charge in [-0.15, -0.1) is 11.3 Å². The third kappa shape index (κ3) is 3.78. The molecule has 0 aliphatic heterocycles. The smallest absolute Gasteiger partial charge is 0.131 e. The zero-order valence-corrected chi connectivity index (χ0v) is 12.9. The van der Waals surface area contributed by atoms with Crippen molar-refractivity contribution in [2.75, 3.05) is 20.1 Å². The number of aldehydes is 1. The quantitative estimate of drug-likeness (QED) is 0.728. The van der Waals surface area contributed by atoms with Gasteiger partial charge in [0.25, 0.3) is 0 Å². The molecule has 0 N–H and O–H groups in total. The van der Waals surface area contributed by atoms with Gasteiger partial charge in [0.15, 0.2) is 0 Å². The molecule has 1 heterocycles. The maximum atomic E-state index is 11.6. The van der Waals surface area contributed by atoms with E-state index in [9.17, 15) is 4.79 Å². The van der Waals surface area contributed by atoms with Crippen molar-refractivity contribution in [3.63, 3.8) is 0 Å². The number of nitrogens with zero attached hydrogens (tertiary/aromatic N) is 1. The van der Waals surface area contributed by atoms with E-state index in [0.29, 0.717) is 0 Å².